The Morgan fingerprint density at radius 1 is 1.36 bits per heavy atom. The minimum Gasteiger partial charge on any atom is -0.467 e. The molecule has 1 atom stereocenters. The molecule has 0 spiro atoms. The number of nitrogens with zero attached hydrogens (tertiary/aromatic N) is 3. The molecule has 10 nitrogen and oxygen atoms in total. The van der Waals surface area contributed by atoms with Gasteiger partial charge >= 0.3 is 12.5 Å². The van der Waals surface area contributed by atoms with E-state index in [2.05, 4.69) is 45.5 Å². The lowest BCUT2D eigenvalue weighted by atomic mass is 10.1. The van der Waals surface area contributed by atoms with Gasteiger partial charge in [-0.25, -0.2) is 9.67 Å². The fourth-order valence-corrected chi connectivity index (χ4v) is 3.90. The summed E-state index contributed by atoms with van der Waals surface area (Å²) in [5, 5.41) is 17.3. The molecule has 3 aromatic rings. The molecular formula is C19H12BrClF5N5O5. The van der Waals surface area contributed by atoms with Gasteiger partial charge in [-0.15, -0.1) is 13.9 Å². The van der Waals surface area contributed by atoms with Crippen LogP contribution in [0.4, 0.5) is 27.6 Å². The van der Waals surface area contributed by atoms with Gasteiger partial charge in [0.2, 0.25) is 5.88 Å². The first-order chi connectivity index (χ1) is 16.8. The number of aliphatic hydroxyl groups is 1. The predicted octanol–water partition coefficient (Wildman–Crippen LogP) is 4.15. The number of primary amides is 1. The summed E-state index contributed by atoms with van der Waals surface area (Å²) in [4.78, 5) is 16.0. The molecule has 0 saturated carbocycles. The van der Waals surface area contributed by atoms with Gasteiger partial charge in [-0.1, -0.05) is 11.6 Å². The van der Waals surface area contributed by atoms with E-state index in [-0.39, 0.29) is 26.7 Å². The smallest absolute Gasteiger partial charge is 0.467 e. The second-order valence-corrected chi connectivity index (χ2v) is 8.25. The number of hydrogen-bond donors (Lipinski definition) is 3. The second-order valence-electron chi connectivity index (χ2n) is 7.05. The maximum Gasteiger partial charge on any atom is 0.586 e. The van der Waals surface area contributed by atoms with Crippen molar-refractivity contribution in [2.24, 2.45) is 5.73 Å². The maximum absolute atomic E-state index is 13.6. The lowest BCUT2D eigenvalue weighted by Gasteiger charge is -2.19. The molecule has 1 aliphatic heterocycles. The number of halogens is 7. The Morgan fingerprint density at radius 2 is 2.08 bits per heavy atom. The molecule has 4 rings (SSSR count). The number of nitrogens with one attached hydrogen (secondary N) is 1. The number of aliphatic hydroxyl groups excluding tert-OH is 1. The SMILES string of the molecule is NC(=O)c1cc2c(c(Br)c1NC(O)c1cc(OCC(F)(F)F)nn1-c1ncccc1Cl)OC(F)(F)O2. The van der Waals surface area contributed by atoms with Gasteiger partial charge in [-0.2, -0.15) is 13.2 Å². The Morgan fingerprint density at radius 3 is 2.72 bits per heavy atom. The van der Waals surface area contributed by atoms with Gasteiger partial charge in [0.05, 0.1) is 26.4 Å². The molecule has 0 fully saturated rings. The minimum atomic E-state index is -4.68. The fraction of sp³-hybridized carbons (Fsp3) is 0.211. The lowest BCUT2D eigenvalue weighted by Crippen LogP contribution is -2.26. The number of ether oxygens (including phenoxy) is 3. The molecule has 4 N–H and O–H groups in total. The van der Waals surface area contributed by atoms with Crippen molar-refractivity contribution < 1.29 is 46.1 Å². The van der Waals surface area contributed by atoms with Crippen molar-refractivity contribution in [3.63, 3.8) is 0 Å². The molecule has 0 aliphatic carbocycles. The zero-order valence-electron chi connectivity index (χ0n) is 17.3. The van der Waals surface area contributed by atoms with E-state index < -0.39 is 54.2 Å². The van der Waals surface area contributed by atoms with Gasteiger partial charge in [0, 0.05) is 12.3 Å². The van der Waals surface area contributed by atoms with E-state index in [1.165, 1.54) is 18.3 Å². The molecular weight excluding hydrogens is 589 g/mol. The number of amides is 1. The van der Waals surface area contributed by atoms with Crippen molar-refractivity contribution in [2.75, 3.05) is 11.9 Å². The van der Waals surface area contributed by atoms with Crippen molar-refractivity contribution in [2.45, 2.75) is 18.7 Å². The van der Waals surface area contributed by atoms with Crippen LogP contribution in [-0.4, -0.2) is 44.9 Å². The summed E-state index contributed by atoms with van der Waals surface area (Å²) in [7, 11) is 0. The average Bonchev–Trinajstić information content (AvgIpc) is 3.34. The average molecular weight is 601 g/mol. The standard InChI is InChI=1S/C19H12BrClF5N5O5/c20-12-13(7(15(27)32)4-10-14(12)36-19(25,26)35-10)29-17(33)9-5-11(34-6-18(22,23)24)30-31(9)16-8(21)2-1-3-28-16/h1-5,17,29,33H,6H2,(H2,27,32). The summed E-state index contributed by atoms with van der Waals surface area (Å²) >= 11 is 9.13. The van der Waals surface area contributed by atoms with Gasteiger partial charge in [-0.05, 0) is 34.1 Å². The van der Waals surface area contributed by atoms with Crippen LogP contribution in [-0.2, 0) is 0 Å². The number of pyridine rings is 1. The van der Waals surface area contributed by atoms with Crippen LogP contribution in [0.5, 0.6) is 17.4 Å². The Bertz CT molecular complexity index is 1340. The monoisotopic (exact) mass is 599 g/mol. The number of alkyl halides is 5. The topological polar surface area (TPSA) is 134 Å². The van der Waals surface area contributed by atoms with E-state index in [1.807, 2.05) is 0 Å². The molecule has 1 aliphatic rings. The molecule has 1 aromatic carbocycles. The zero-order chi connectivity index (χ0) is 26.4. The predicted molar refractivity (Wildman–Crippen MR) is 115 cm³/mol. The van der Waals surface area contributed by atoms with Crippen molar-refractivity contribution in [1.29, 1.82) is 0 Å². The lowest BCUT2D eigenvalue weighted by molar-refractivity contribution is -0.286. The summed E-state index contributed by atoms with van der Waals surface area (Å²) < 4.78 is 79.1. The molecule has 2 aromatic heterocycles. The third kappa shape index (κ3) is 5.24. The van der Waals surface area contributed by atoms with Crippen molar-refractivity contribution in [3.8, 4) is 23.2 Å². The molecule has 17 heteroatoms. The second kappa shape index (κ2) is 9.25. The molecule has 0 radical (unpaired) electrons. The van der Waals surface area contributed by atoms with E-state index in [9.17, 15) is 31.9 Å². The first-order valence-corrected chi connectivity index (χ1v) is 10.7. The number of rotatable bonds is 7. The number of carbonyl (C=O) groups is 1. The Hall–Kier alpha value is -3.37. The van der Waals surface area contributed by atoms with Gasteiger partial charge in [0.15, 0.2) is 30.2 Å². The number of anilines is 1. The Labute approximate surface area is 210 Å². The van der Waals surface area contributed by atoms with E-state index in [0.717, 1.165) is 16.8 Å². The van der Waals surface area contributed by atoms with E-state index in [0.29, 0.717) is 0 Å². The van der Waals surface area contributed by atoms with Crippen molar-refractivity contribution in [1.82, 2.24) is 14.8 Å². The maximum atomic E-state index is 13.6. The molecule has 0 saturated heterocycles. The highest BCUT2D eigenvalue weighted by Crippen LogP contribution is 2.50. The van der Waals surface area contributed by atoms with Gasteiger partial charge < -0.3 is 30.4 Å². The van der Waals surface area contributed by atoms with Crippen LogP contribution in [0, 0.1) is 0 Å². The number of fused-ring (bicyclic) bond motifs is 1. The fourth-order valence-electron chi connectivity index (χ4n) is 3.09. The molecule has 1 unspecified atom stereocenters. The van der Waals surface area contributed by atoms with Crippen LogP contribution in [0.1, 0.15) is 22.3 Å². The van der Waals surface area contributed by atoms with Crippen LogP contribution in [0.3, 0.4) is 0 Å². The highest BCUT2D eigenvalue weighted by atomic mass is 79.9. The third-order valence-electron chi connectivity index (χ3n) is 4.50. The van der Waals surface area contributed by atoms with Crippen molar-refractivity contribution >= 4 is 39.1 Å². The number of nitrogens with two attached hydrogens (primary N) is 1. The van der Waals surface area contributed by atoms with Crippen LogP contribution < -0.4 is 25.3 Å². The van der Waals surface area contributed by atoms with Gasteiger partial charge in [-0.3, -0.25) is 4.79 Å². The first-order valence-electron chi connectivity index (χ1n) is 9.53. The number of hydrogen-bond acceptors (Lipinski definition) is 8. The first kappa shape index (κ1) is 25.7. The summed E-state index contributed by atoms with van der Waals surface area (Å²) in [6.45, 7) is -1.68. The summed E-state index contributed by atoms with van der Waals surface area (Å²) in [6, 6.07) is 4.70. The van der Waals surface area contributed by atoms with E-state index in [1.54, 1.807) is 0 Å². The van der Waals surface area contributed by atoms with Gasteiger partial charge in [0.25, 0.3) is 5.91 Å². The summed E-state index contributed by atoms with van der Waals surface area (Å²) in [5.41, 5.74) is 4.41. The molecule has 36 heavy (non-hydrogen) atoms. The normalized spacial score (nSPS) is 15.0. The summed E-state index contributed by atoms with van der Waals surface area (Å²) in [5.74, 6) is -2.74. The zero-order valence-corrected chi connectivity index (χ0v) is 19.7. The number of carbonyl (C=O) groups excluding carboxylic acids is 1. The molecule has 192 valence electrons. The Balaban J connectivity index is 1.76. The highest BCUT2D eigenvalue weighted by molar-refractivity contribution is 9.10. The molecule has 0 bridgehead atoms. The van der Waals surface area contributed by atoms with Gasteiger partial charge in [0.1, 0.15) is 0 Å². The third-order valence-corrected chi connectivity index (χ3v) is 5.55. The van der Waals surface area contributed by atoms with Crippen LogP contribution in [0.25, 0.3) is 5.82 Å². The summed E-state index contributed by atoms with van der Waals surface area (Å²) in [6.07, 6.45) is -9.26. The largest absolute Gasteiger partial charge is 0.586 e. The minimum absolute atomic E-state index is 0.0146. The van der Waals surface area contributed by atoms with Crippen LogP contribution >= 0.6 is 27.5 Å². The van der Waals surface area contributed by atoms with Crippen molar-refractivity contribution in [3.05, 3.63) is 51.2 Å². The highest BCUT2D eigenvalue weighted by Gasteiger charge is 2.46. The molecule has 1 amide bonds. The van der Waals surface area contributed by atoms with Crippen LogP contribution in [0.2, 0.25) is 5.02 Å². The number of aromatic nitrogens is 3. The quantitative estimate of drug-likeness (QED) is 0.272. The molecule has 3 heterocycles. The van der Waals surface area contributed by atoms with E-state index >= 15 is 0 Å². The van der Waals surface area contributed by atoms with E-state index in [4.69, 9.17) is 17.3 Å². The van der Waals surface area contributed by atoms with Crippen LogP contribution in [0.15, 0.2) is 34.9 Å². The Kier molecular flexibility index (Phi) is 6.61. The number of benzene rings is 1.